The molecule has 0 aliphatic rings. The molecule has 52 valence electrons. The molecular weight excluding hydrogens is 170 g/mol. The highest BCUT2D eigenvalue weighted by atomic mass is 35.7. The summed E-state index contributed by atoms with van der Waals surface area (Å²) in [4.78, 5) is 0. The molecule has 1 aromatic carbocycles. The summed E-state index contributed by atoms with van der Waals surface area (Å²) >= 11 is 5.10. The second kappa shape index (κ2) is 3.55. The Kier molecular flexibility index (Phi) is 2.67. The maximum absolute atomic E-state index is 10.3. The van der Waals surface area contributed by atoms with E-state index in [1.165, 1.54) is 0 Å². The average Bonchev–Trinajstić information content (AvgIpc) is 1.88. The predicted molar refractivity (Wildman–Crippen MR) is 40.5 cm³/mol. The molecule has 0 heterocycles. The Morgan fingerprint density at radius 1 is 1.30 bits per heavy atom. The van der Waals surface area contributed by atoms with Gasteiger partial charge in [-0.2, -0.15) is 0 Å². The third-order valence-corrected chi connectivity index (χ3v) is 1.48. The summed E-state index contributed by atoms with van der Waals surface area (Å²) in [6, 6.07) is 8.79. The molecule has 0 aromatic heterocycles. The van der Waals surface area contributed by atoms with E-state index in [0.717, 1.165) is 0 Å². The van der Waals surface area contributed by atoms with Crippen LogP contribution in [0.15, 0.2) is 30.3 Å². The minimum atomic E-state index is -2.05. The molecule has 0 bridgehead atoms. The van der Waals surface area contributed by atoms with E-state index in [9.17, 15) is 4.57 Å². The largest absolute Gasteiger partial charge is 0.683 e. The molecule has 1 atom stereocenters. The van der Waals surface area contributed by atoms with Gasteiger partial charge >= 0.3 is 7.38 Å². The Morgan fingerprint density at radius 3 is 2.40 bits per heavy atom. The first-order valence-corrected chi connectivity index (χ1v) is 4.73. The molecule has 0 radical (unpaired) electrons. The first-order chi connectivity index (χ1) is 4.79. The van der Waals surface area contributed by atoms with E-state index >= 15 is 0 Å². The number of hydrogen-bond acceptors (Lipinski definition) is 2. The molecule has 0 amide bonds. The molecule has 2 nitrogen and oxygen atoms in total. The van der Waals surface area contributed by atoms with E-state index in [1.54, 1.807) is 24.3 Å². The van der Waals surface area contributed by atoms with Crippen LogP contribution in [0.5, 0.6) is 5.75 Å². The highest BCUT2D eigenvalue weighted by Gasteiger charge is 2.13. The van der Waals surface area contributed by atoms with Gasteiger partial charge in [-0.3, -0.25) is 0 Å². The first-order valence-electron chi connectivity index (χ1n) is 2.65. The second-order valence-corrected chi connectivity index (χ2v) is 3.05. The lowest BCUT2D eigenvalue weighted by molar-refractivity contribution is 0.519. The van der Waals surface area contributed by atoms with E-state index in [1.807, 2.05) is 6.07 Å². The Labute approximate surface area is 64.4 Å². The van der Waals surface area contributed by atoms with Crippen molar-refractivity contribution in [3.05, 3.63) is 30.3 Å². The summed E-state index contributed by atoms with van der Waals surface area (Å²) in [7, 11) is -2.05. The lowest BCUT2D eigenvalue weighted by atomic mass is 10.3. The third kappa shape index (κ3) is 2.34. The maximum atomic E-state index is 10.3. The van der Waals surface area contributed by atoms with Crippen molar-refractivity contribution in [2.75, 3.05) is 0 Å². The Hall–Kier alpha value is -0.590. The summed E-state index contributed by atoms with van der Waals surface area (Å²) in [6.07, 6.45) is 0. The van der Waals surface area contributed by atoms with Crippen molar-refractivity contribution in [1.29, 1.82) is 0 Å². The Balaban J connectivity index is 2.67. The van der Waals surface area contributed by atoms with Crippen LogP contribution in [-0.2, 0) is 4.57 Å². The van der Waals surface area contributed by atoms with E-state index < -0.39 is 7.38 Å². The van der Waals surface area contributed by atoms with Gasteiger partial charge in [-0.15, -0.1) is 0 Å². The van der Waals surface area contributed by atoms with Crippen molar-refractivity contribution >= 4 is 18.6 Å². The quantitative estimate of drug-likeness (QED) is 0.646. The Bertz CT molecular complexity index is 224. The highest BCUT2D eigenvalue weighted by Crippen LogP contribution is 2.30. The van der Waals surface area contributed by atoms with Crippen molar-refractivity contribution in [2.45, 2.75) is 0 Å². The molecular formula is C6H5ClO2P+. The average molecular weight is 176 g/mol. The van der Waals surface area contributed by atoms with Gasteiger partial charge in [0, 0.05) is 4.57 Å². The fraction of sp³-hybridized carbons (Fsp3) is 0. The number of para-hydroxylation sites is 1. The van der Waals surface area contributed by atoms with Crippen LogP contribution in [0.2, 0.25) is 0 Å². The van der Waals surface area contributed by atoms with Gasteiger partial charge < -0.3 is 0 Å². The van der Waals surface area contributed by atoms with Gasteiger partial charge in [0.2, 0.25) is 0 Å². The molecule has 0 aliphatic heterocycles. The SMILES string of the molecule is O=[P+](Cl)Oc1ccccc1. The maximum Gasteiger partial charge on any atom is 0.683 e. The fourth-order valence-corrected chi connectivity index (χ4v) is 1.09. The standard InChI is InChI=1S/C6H5ClO2P/c7-10(8)9-6-4-2-1-3-5-6/h1-5H/q+1. The van der Waals surface area contributed by atoms with Gasteiger partial charge in [0.25, 0.3) is 11.2 Å². The van der Waals surface area contributed by atoms with Crippen LogP contribution in [0.3, 0.4) is 0 Å². The monoisotopic (exact) mass is 175 g/mol. The molecule has 1 unspecified atom stereocenters. The first kappa shape index (κ1) is 7.52. The molecule has 0 aliphatic carbocycles. The van der Waals surface area contributed by atoms with Crippen LogP contribution in [0.1, 0.15) is 0 Å². The minimum absolute atomic E-state index is 0.526. The molecule has 1 rings (SSSR count). The third-order valence-electron chi connectivity index (χ3n) is 0.920. The van der Waals surface area contributed by atoms with Gasteiger partial charge in [0.15, 0.2) is 5.75 Å². The van der Waals surface area contributed by atoms with Crippen LogP contribution < -0.4 is 4.52 Å². The van der Waals surface area contributed by atoms with Gasteiger partial charge in [-0.05, 0) is 12.1 Å². The molecule has 0 saturated carbocycles. The van der Waals surface area contributed by atoms with E-state index in [0.29, 0.717) is 5.75 Å². The summed E-state index contributed by atoms with van der Waals surface area (Å²) in [5, 5.41) is 0. The number of hydrogen-bond donors (Lipinski definition) is 0. The summed E-state index contributed by atoms with van der Waals surface area (Å²) in [5.41, 5.74) is 0. The topological polar surface area (TPSA) is 26.3 Å². The Morgan fingerprint density at radius 2 is 1.90 bits per heavy atom. The molecule has 0 saturated heterocycles. The normalized spacial score (nSPS) is 10.7. The van der Waals surface area contributed by atoms with Crippen LogP contribution in [0.25, 0.3) is 0 Å². The molecule has 4 heteroatoms. The summed E-state index contributed by atoms with van der Waals surface area (Å²) < 4.78 is 15.0. The highest BCUT2D eigenvalue weighted by molar-refractivity contribution is 7.70. The smallest absolute Gasteiger partial charge is 0.240 e. The molecule has 1 aromatic rings. The zero-order valence-corrected chi connectivity index (χ0v) is 6.68. The summed E-state index contributed by atoms with van der Waals surface area (Å²) in [6.45, 7) is 0. The molecule has 0 spiro atoms. The fourth-order valence-electron chi connectivity index (χ4n) is 0.564. The zero-order chi connectivity index (χ0) is 7.40. The van der Waals surface area contributed by atoms with Crippen LogP contribution in [0, 0.1) is 0 Å². The minimum Gasteiger partial charge on any atom is -0.240 e. The van der Waals surface area contributed by atoms with Gasteiger partial charge in [0.1, 0.15) is 0 Å². The van der Waals surface area contributed by atoms with Crippen LogP contribution >= 0.6 is 18.6 Å². The lowest BCUT2D eigenvalue weighted by Gasteiger charge is -1.86. The zero-order valence-electron chi connectivity index (χ0n) is 5.03. The van der Waals surface area contributed by atoms with Gasteiger partial charge in [-0.1, -0.05) is 18.2 Å². The molecule has 0 N–H and O–H groups in total. The van der Waals surface area contributed by atoms with Crippen molar-refractivity contribution in [3.8, 4) is 5.75 Å². The number of rotatable bonds is 2. The van der Waals surface area contributed by atoms with Crippen molar-refractivity contribution < 1.29 is 9.09 Å². The van der Waals surface area contributed by atoms with Crippen LogP contribution in [-0.4, -0.2) is 0 Å². The lowest BCUT2D eigenvalue weighted by Crippen LogP contribution is -1.73. The second-order valence-electron chi connectivity index (χ2n) is 1.62. The number of benzene rings is 1. The predicted octanol–water partition coefficient (Wildman–Crippen LogP) is 2.96. The molecule has 10 heavy (non-hydrogen) atoms. The number of halogens is 1. The van der Waals surface area contributed by atoms with Gasteiger partial charge in [0.05, 0.1) is 0 Å². The van der Waals surface area contributed by atoms with E-state index in [-0.39, 0.29) is 0 Å². The van der Waals surface area contributed by atoms with Crippen molar-refractivity contribution in [3.63, 3.8) is 0 Å². The van der Waals surface area contributed by atoms with Crippen molar-refractivity contribution in [2.24, 2.45) is 0 Å². The van der Waals surface area contributed by atoms with Crippen LogP contribution in [0.4, 0.5) is 0 Å². The van der Waals surface area contributed by atoms with Gasteiger partial charge in [-0.25, -0.2) is 4.52 Å². The molecule has 0 fully saturated rings. The van der Waals surface area contributed by atoms with Crippen molar-refractivity contribution in [1.82, 2.24) is 0 Å². The van der Waals surface area contributed by atoms with E-state index in [4.69, 9.17) is 11.2 Å². The summed E-state index contributed by atoms with van der Waals surface area (Å²) in [5.74, 6) is 0.526. The van der Waals surface area contributed by atoms with E-state index in [2.05, 4.69) is 4.52 Å².